The normalized spacial score (nSPS) is 19.8. The molecule has 1 saturated heterocycles. The van der Waals surface area contributed by atoms with Crippen molar-refractivity contribution in [2.75, 3.05) is 18.0 Å². The first-order chi connectivity index (χ1) is 11.2. The van der Waals surface area contributed by atoms with Crippen molar-refractivity contribution in [1.29, 1.82) is 0 Å². The maximum atomic E-state index is 12.7. The van der Waals surface area contributed by atoms with Crippen LogP contribution in [-0.2, 0) is 4.79 Å². The second-order valence-corrected chi connectivity index (χ2v) is 7.67. The summed E-state index contributed by atoms with van der Waals surface area (Å²) in [5, 5.41) is 4.13. The number of aryl methyl sites for hydroxylation is 1. The summed E-state index contributed by atoms with van der Waals surface area (Å²) in [4.78, 5) is 16.7. The molecule has 4 nitrogen and oxygen atoms in total. The summed E-state index contributed by atoms with van der Waals surface area (Å²) < 4.78 is 0. The summed E-state index contributed by atoms with van der Waals surface area (Å²) in [7, 11) is 0. The number of carbonyl (C=O) groups excluding carboxylic acids is 1. The summed E-state index contributed by atoms with van der Waals surface area (Å²) >= 11 is 5.50. The summed E-state index contributed by atoms with van der Waals surface area (Å²) in [5.41, 5.74) is 2.15. The van der Waals surface area contributed by atoms with Crippen molar-refractivity contribution in [3.8, 4) is 0 Å². The lowest BCUT2D eigenvalue weighted by atomic mass is 9.93. The molecule has 1 amide bonds. The maximum Gasteiger partial charge on any atom is 0.228 e. The number of nitrogens with one attached hydrogen (secondary N) is 1. The Morgan fingerprint density at radius 2 is 2.17 bits per heavy atom. The molecule has 1 atom stereocenters. The Labute approximate surface area is 151 Å². The fraction of sp³-hybridized carbons (Fsp3) is 0.579. The van der Waals surface area contributed by atoms with Crippen LogP contribution in [0.25, 0.3) is 0 Å². The average molecular weight is 348 g/mol. The number of rotatable bonds is 5. The van der Waals surface area contributed by atoms with Crippen LogP contribution in [0.2, 0.25) is 0 Å². The summed E-state index contributed by atoms with van der Waals surface area (Å²) in [6.07, 6.45) is 1.48. The molecule has 1 unspecified atom stereocenters. The number of thiocarbonyl (C=S) groups is 1. The molecule has 0 radical (unpaired) electrons. The van der Waals surface area contributed by atoms with Gasteiger partial charge in [-0.1, -0.05) is 12.1 Å². The number of anilines is 1. The molecule has 1 aromatic carbocycles. The van der Waals surface area contributed by atoms with Gasteiger partial charge in [-0.2, -0.15) is 0 Å². The summed E-state index contributed by atoms with van der Waals surface area (Å²) in [6.45, 7) is 11.9. The van der Waals surface area contributed by atoms with Gasteiger partial charge in [-0.05, 0) is 71.0 Å². The largest absolute Gasteiger partial charge is 0.358 e. The van der Waals surface area contributed by atoms with Crippen molar-refractivity contribution in [3.05, 3.63) is 29.8 Å². The molecule has 1 N–H and O–H groups in total. The van der Waals surface area contributed by atoms with E-state index in [0.717, 1.165) is 22.8 Å². The van der Waals surface area contributed by atoms with Crippen molar-refractivity contribution < 1.29 is 4.79 Å². The first kappa shape index (κ1) is 18.7. The van der Waals surface area contributed by atoms with Gasteiger partial charge in [-0.15, -0.1) is 0 Å². The Morgan fingerprint density at radius 1 is 1.46 bits per heavy atom. The van der Waals surface area contributed by atoms with E-state index in [1.165, 1.54) is 0 Å². The summed E-state index contributed by atoms with van der Waals surface area (Å²) in [6, 6.07) is 8.43. The first-order valence-corrected chi connectivity index (χ1v) is 9.10. The fourth-order valence-electron chi connectivity index (χ4n) is 3.43. The van der Waals surface area contributed by atoms with Crippen LogP contribution in [0.3, 0.4) is 0 Å². The van der Waals surface area contributed by atoms with Crippen molar-refractivity contribution in [1.82, 2.24) is 10.2 Å². The fourth-order valence-corrected chi connectivity index (χ4v) is 3.98. The Hall–Kier alpha value is -1.62. The number of carbonyl (C=O) groups is 1. The van der Waals surface area contributed by atoms with Crippen molar-refractivity contribution >= 4 is 28.9 Å². The van der Waals surface area contributed by atoms with E-state index >= 15 is 0 Å². The SMILES string of the molecule is CCN(C(=O)CCN1C(=S)NC(C)(C)CC1C)c1cccc(C)c1. The number of nitrogens with zero attached hydrogens (tertiary/aromatic N) is 2. The number of hydrogen-bond donors (Lipinski definition) is 1. The highest BCUT2D eigenvalue weighted by Crippen LogP contribution is 2.23. The second-order valence-electron chi connectivity index (χ2n) is 7.29. The van der Waals surface area contributed by atoms with Gasteiger partial charge in [0.2, 0.25) is 5.91 Å². The molecule has 132 valence electrons. The van der Waals surface area contributed by atoms with Crippen LogP contribution in [0.15, 0.2) is 24.3 Å². The van der Waals surface area contributed by atoms with Gasteiger partial charge in [0, 0.05) is 36.8 Å². The van der Waals surface area contributed by atoms with Gasteiger partial charge < -0.3 is 15.1 Å². The van der Waals surface area contributed by atoms with Crippen LogP contribution in [0.4, 0.5) is 5.69 Å². The Morgan fingerprint density at radius 3 is 2.75 bits per heavy atom. The van der Waals surface area contributed by atoms with Crippen LogP contribution in [0, 0.1) is 6.92 Å². The van der Waals surface area contributed by atoms with Gasteiger partial charge >= 0.3 is 0 Å². The van der Waals surface area contributed by atoms with Crippen molar-refractivity contribution in [3.63, 3.8) is 0 Å². The minimum Gasteiger partial charge on any atom is -0.358 e. The van der Waals surface area contributed by atoms with E-state index in [1.54, 1.807) is 0 Å². The zero-order valence-electron chi connectivity index (χ0n) is 15.4. The molecule has 0 spiro atoms. The molecule has 2 rings (SSSR count). The lowest BCUT2D eigenvalue weighted by Crippen LogP contribution is -2.60. The highest BCUT2D eigenvalue weighted by Gasteiger charge is 2.33. The van der Waals surface area contributed by atoms with E-state index < -0.39 is 0 Å². The van der Waals surface area contributed by atoms with E-state index in [1.807, 2.05) is 36.9 Å². The molecule has 0 bridgehead atoms. The summed E-state index contributed by atoms with van der Waals surface area (Å²) in [5.74, 6) is 0.142. The number of amides is 1. The molecule has 0 aromatic heterocycles. The number of hydrogen-bond acceptors (Lipinski definition) is 2. The maximum absolute atomic E-state index is 12.7. The predicted molar refractivity (Wildman–Crippen MR) is 104 cm³/mol. The molecular formula is C19H29N3OS. The molecule has 1 aliphatic rings. The smallest absolute Gasteiger partial charge is 0.228 e. The van der Waals surface area contributed by atoms with Crippen LogP contribution in [0.1, 0.15) is 46.1 Å². The quantitative estimate of drug-likeness (QED) is 0.827. The zero-order chi connectivity index (χ0) is 17.9. The van der Waals surface area contributed by atoms with Crippen LogP contribution < -0.4 is 10.2 Å². The molecule has 1 fully saturated rings. The zero-order valence-corrected chi connectivity index (χ0v) is 16.2. The highest BCUT2D eigenvalue weighted by molar-refractivity contribution is 7.80. The van der Waals surface area contributed by atoms with E-state index in [4.69, 9.17) is 12.2 Å². The van der Waals surface area contributed by atoms with Crippen molar-refractivity contribution in [2.45, 2.75) is 59.0 Å². The van der Waals surface area contributed by atoms with E-state index in [0.29, 0.717) is 25.6 Å². The average Bonchev–Trinajstić information content (AvgIpc) is 2.46. The third kappa shape index (κ3) is 4.47. The molecule has 0 aliphatic carbocycles. The number of benzene rings is 1. The molecule has 5 heteroatoms. The molecule has 1 aromatic rings. The van der Waals surface area contributed by atoms with Crippen LogP contribution in [-0.4, -0.2) is 40.6 Å². The van der Waals surface area contributed by atoms with Crippen LogP contribution in [0.5, 0.6) is 0 Å². The van der Waals surface area contributed by atoms with Gasteiger partial charge in [0.15, 0.2) is 5.11 Å². The van der Waals surface area contributed by atoms with Gasteiger partial charge in [0.25, 0.3) is 0 Å². The minimum absolute atomic E-state index is 0.0219. The van der Waals surface area contributed by atoms with Crippen LogP contribution >= 0.6 is 12.2 Å². The predicted octanol–water partition coefficient (Wildman–Crippen LogP) is 3.49. The van der Waals surface area contributed by atoms with Crippen molar-refractivity contribution in [2.24, 2.45) is 0 Å². The second kappa shape index (κ2) is 7.51. The van der Waals surface area contributed by atoms with E-state index in [2.05, 4.69) is 37.1 Å². The van der Waals surface area contributed by atoms with Gasteiger partial charge in [0.1, 0.15) is 0 Å². The minimum atomic E-state index is 0.0219. The third-order valence-electron chi connectivity index (χ3n) is 4.54. The van der Waals surface area contributed by atoms with E-state index in [-0.39, 0.29) is 11.4 Å². The molecule has 24 heavy (non-hydrogen) atoms. The molecular weight excluding hydrogens is 318 g/mol. The Bertz CT molecular complexity index is 614. The van der Waals surface area contributed by atoms with Gasteiger partial charge in [-0.3, -0.25) is 4.79 Å². The lowest BCUT2D eigenvalue weighted by molar-refractivity contribution is -0.118. The lowest BCUT2D eigenvalue weighted by Gasteiger charge is -2.44. The molecule has 1 aliphatic heterocycles. The molecule has 0 saturated carbocycles. The third-order valence-corrected chi connectivity index (χ3v) is 4.88. The topological polar surface area (TPSA) is 35.6 Å². The highest BCUT2D eigenvalue weighted by atomic mass is 32.1. The van der Waals surface area contributed by atoms with E-state index in [9.17, 15) is 4.79 Å². The standard InChI is InChI=1S/C19H29N3OS/c1-6-21(16-9-7-8-14(2)12-16)17(23)10-11-22-15(3)13-19(4,5)20-18(22)24/h7-9,12,15H,6,10-11,13H2,1-5H3,(H,20,24). The Balaban J connectivity index is 2.00. The Kier molecular flexibility index (Phi) is 5.86. The van der Waals surface area contributed by atoms with Gasteiger partial charge in [-0.25, -0.2) is 0 Å². The monoisotopic (exact) mass is 347 g/mol. The first-order valence-electron chi connectivity index (χ1n) is 8.69. The van der Waals surface area contributed by atoms with Gasteiger partial charge in [0.05, 0.1) is 0 Å². The molecule has 1 heterocycles.